The van der Waals surface area contributed by atoms with Crippen LogP contribution < -0.4 is 4.74 Å². The summed E-state index contributed by atoms with van der Waals surface area (Å²) in [6, 6.07) is 5.96. The third-order valence-corrected chi connectivity index (χ3v) is 4.88. The number of aromatic hydroxyl groups is 1. The fraction of sp³-hybridized carbons (Fsp3) is 0.647. The van der Waals surface area contributed by atoms with E-state index in [0.717, 1.165) is 37.1 Å². The zero-order valence-electron chi connectivity index (χ0n) is 12.9. The Bertz CT molecular complexity index is 502. The van der Waals surface area contributed by atoms with Crippen LogP contribution in [0.3, 0.4) is 0 Å². The quantitative estimate of drug-likeness (QED) is 0.850. The molecule has 1 N–H and O–H groups in total. The Kier molecular flexibility index (Phi) is 3.20. The average molecular weight is 275 g/mol. The highest BCUT2D eigenvalue weighted by Crippen LogP contribution is 2.45. The number of nitrogens with zero attached hydrogens (tertiary/aromatic N) is 1. The van der Waals surface area contributed by atoms with Gasteiger partial charge in [-0.3, -0.25) is 4.90 Å². The molecular formula is C17H25NO2. The van der Waals surface area contributed by atoms with Gasteiger partial charge in [0, 0.05) is 37.2 Å². The molecule has 1 aromatic rings. The summed E-state index contributed by atoms with van der Waals surface area (Å²) in [6.07, 6.45) is 1.00. The van der Waals surface area contributed by atoms with Gasteiger partial charge in [-0.25, -0.2) is 0 Å². The van der Waals surface area contributed by atoms with Gasteiger partial charge in [0.2, 0.25) is 0 Å². The van der Waals surface area contributed by atoms with Crippen LogP contribution in [0.1, 0.15) is 45.7 Å². The molecule has 1 saturated heterocycles. The van der Waals surface area contributed by atoms with Crippen molar-refractivity contribution < 1.29 is 9.84 Å². The zero-order valence-corrected chi connectivity index (χ0v) is 12.9. The Balaban J connectivity index is 1.95. The first-order chi connectivity index (χ1) is 9.35. The lowest BCUT2D eigenvalue weighted by molar-refractivity contribution is 0.0350. The first-order valence-corrected chi connectivity index (χ1v) is 7.62. The average Bonchev–Trinajstić information content (AvgIpc) is 2.67. The van der Waals surface area contributed by atoms with Crippen LogP contribution in [0.25, 0.3) is 0 Å². The number of hydrogen-bond donors (Lipinski definition) is 1. The van der Waals surface area contributed by atoms with Crippen LogP contribution in [0, 0.1) is 11.8 Å². The molecule has 2 aliphatic heterocycles. The van der Waals surface area contributed by atoms with Crippen molar-refractivity contribution in [3.63, 3.8) is 0 Å². The van der Waals surface area contributed by atoms with E-state index in [4.69, 9.17) is 4.74 Å². The lowest BCUT2D eigenvalue weighted by Gasteiger charge is -2.41. The van der Waals surface area contributed by atoms with Crippen molar-refractivity contribution in [1.82, 2.24) is 4.90 Å². The van der Waals surface area contributed by atoms with Crippen LogP contribution in [0.5, 0.6) is 11.5 Å². The topological polar surface area (TPSA) is 32.7 Å². The molecule has 3 nitrogen and oxygen atoms in total. The van der Waals surface area contributed by atoms with E-state index in [9.17, 15) is 5.11 Å². The predicted octanol–water partition coefficient (Wildman–Crippen LogP) is 3.58. The molecular weight excluding hydrogens is 250 g/mol. The maximum atomic E-state index is 9.70. The normalized spacial score (nSPS) is 32.7. The van der Waals surface area contributed by atoms with Crippen LogP contribution in [-0.4, -0.2) is 28.7 Å². The second-order valence-electron chi connectivity index (χ2n) is 7.21. The summed E-state index contributed by atoms with van der Waals surface area (Å²) in [5.74, 6) is 2.63. The number of phenols is 1. The molecule has 0 radical (unpaired) electrons. The molecule has 3 heteroatoms. The Morgan fingerprint density at radius 3 is 2.50 bits per heavy atom. The fourth-order valence-electron chi connectivity index (χ4n) is 3.56. The third kappa shape index (κ3) is 2.39. The van der Waals surface area contributed by atoms with Crippen LogP contribution in [0.4, 0.5) is 0 Å². The molecule has 3 unspecified atom stereocenters. The number of ether oxygens (including phenoxy) is 1. The van der Waals surface area contributed by atoms with Crippen LogP contribution >= 0.6 is 0 Å². The number of fused-ring (bicyclic) bond motifs is 1. The van der Waals surface area contributed by atoms with Crippen LogP contribution in [-0.2, 0) is 0 Å². The first kappa shape index (κ1) is 13.7. The maximum absolute atomic E-state index is 9.70. The van der Waals surface area contributed by atoms with Gasteiger partial charge in [-0.15, -0.1) is 0 Å². The van der Waals surface area contributed by atoms with Crippen molar-refractivity contribution in [2.75, 3.05) is 13.1 Å². The molecule has 1 aromatic carbocycles. The number of phenolic OH excluding ortho intramolecular Hbond substituents is 1. The summed E-state index contributed by atoms with van der Waals surface area (Å²) < 4.78 is 6.06. The molecule has 1 fully saturated rings. The lowest BCUT2D eigenvalue weighted by atomic mass is 9.88. The maximum Gasteiger partial charge on any atom is 0.128 e. The van der Waals surface area contributed by atoms with E-state index >= 15 is 0 Å². The largest absolute Gasteiger partial charge is 0.508 e. The minimum absolute atomic E-state index is 0.180. The molecule has 2 aliphatic rings. The number of hydrogen-bond acceptors (Lipinski definition) is 3. The number of likely N-dealkylation sites (tertiary alicyclic amines) is 1. The van der Waals surface area contributed by atoms with Gasteiger partial charge >= 0.3 is 0 Å². The van der Waals surface area contributed by atoms with Crippen molar-refractivity contribution in [3.8, 4) is 11.5 Å². The summed E-state index contributed by atoms with van der Waals surface area (Å²) in [7, 11) is 0. The summed E-state index contributed by atoms with van der Waals surface area (Å²) in [6.45, 7) is 11.3. The van der Waals surface area contributed by atoms with Crippen LogP contribution in [0.15, 0.2) is 18.2 Å². The van der Waals surface area contributed by atoms with E-state index < -0.39 is 0 Å². The molecule has 110 valence electrons. The van der Waals surface area contributed by atoms with E-state index in [-0.39, 0.29) is 11.4 Å². The summed E-state index contributed by atoms with van der Waals surface area (Å²) in [5.41, 5.74) is 1.05. The molecule has 0 amide bonds. The Hall–Kier alpha value is -1.22. The van der Waals surface area contributed by atoms with Crippen molar-refractivity contribution in [3.05, 3.63) is 23.8 Å². The summed E-state index contributed by atoms with van der Waals surface area (Å²) >= 11 is 0. The SMILES string of the molecule is CC1CN(C2CC(C)(C)Oc3cc(O)ccc32)CC1C. The van der Waals surface area contributed by atoms with Gasteiger partial charge in [0.25, 0.3) is 0 Å². The molecule has 20 heavy (non-hydrogen) atoms. The molecule has 0 aromatic heterocycles. The van der Waals surface area contributed by atoms with Crippen molar-refractivity contribution in [1.29, 1.82) is 0 Å². The number of rotatable bonds is 1. The van der Waals surface area contributed by atoms with Crippen molar-refractivity contribution in [2.45, 2.75) is 45.8 Å². The molecule has 2 heterocycles. The van der Waals surface area contributed by atoms with Gasteiger partial charge in [0.15, 0.2) is 0 Å². The zero-order chi connectivity index (χ0) is 14.5. The minimum atomic E-state index is -0.180. The van der Waals surface area contributed by atoms with Gasteiger partial charge in [0.05, 0.1) is 0 Å². The highest BCUT2D eigenvalue weighted by molar-refractivity contribution is 5.44. The van der Waals surface area contributed by atoms with Crippen molar-refractivity contribution in [2.24, 2.45) is 11.8 Å². The second kappa shape index (κ2) is 4.66. The van der Waals surface area contributed by atoms with Crippen LogP contribution in [0.2, 0.25) is 0 Å². The number of benzene rings is 1. The van der Waals surface area contributed by atoms with Gasteiger partial charge in [0.1, 0.15) is 17.1 Å². The summed E-state index contributed by atoms with van der Waals surface area (Å²) in [5, 5.41) is 9.70. The van der Waals surface area contributed by atoms with E-state index in [1.54, 1.807) is 12.1 Å². The predicted molar refractivity (Wildman–Crippen MR) is 80.1 cm³/mol. The van der Waals surface area contributed by atoms with Gasteiger partial charge in [-0.1, -0.05) is 19.9 Å². The lowest BCUT2D eigenvalue weighted by Crippen LogP contribution is -2.40. The monoisotopic (exact) mass is 275 g/mol. The molecule has 0 spiro atoms. The smallest absolute Gasteiger partial charge is 0.128 e. The van der Waals surface area contributed by atoms with E-state index in [0.29, 0.717) is 6.04 Å². The molecule has 3 atom stereocenters. The van der Waals surface area contributed by atoms with Crippen molar-refractivity contribution >= 4 is 0 Å². The summed E-state index contributed by atoms with van der Waals surface area (Å²) in [4.78, 5) is 2.59. The van der Waals surface area contributed by atoms with Gasteiger partial charge < -0.3 is 9.84 Å². The Labute approximate surface area is 121 Å². The van der Waals surface area contributed by atoms with E-state index in [2.05, 4.69) is 32.6 Å². The first-order valence-electron chi connectivity index (χ1n) is 7.62. The third-order valence-electron chi connectivity index (χ3n) is 4.88. The van der Waals surface area contributed by atoms with E-state index in [1.165, 1.54) is 5.56 Å². The molecule has 0 aliphatic carbocycles. The van der Waals surface area contributed by atoms with Gasteiger partial charge in [-0.2, -0.15) is 0 Å². The minimum Gasteiger partial charge on any atom is -0.508 e. The Morgan fingerprint density at radius 1 is 1.20 bits per heavy atom. The fourth-order valence-corrected chi connectivity index (χ4v) is 3.56. The second-order valence-corrected chi connectivity index (χ2v) is 7.21. The molecule has 0 saturated carbocycles. The highest BCUT2D eigenvalue weighted by Gasteiger charge is 2.40. The Morgan fingerprint density at radius 2 is 1.85 bits per heavy atom. The highest BCUT2D eigenvalue weighted by atomic mass is 16.5. The molecule has 3 rings (SSSR count). The van der Waals surface area contributed by atoms with Gasteiger partial charge in [-0.05, 0) is 31.7 Å². The van der Waals surface area contributed by atoms with E-state index in [1.807, 2.05) is 6.07 Å². The molecule has 0 bridgehead atoms. The standard InChI is InChI=1S/C17H25NO2/c1-11-9-18(10-12(11)2)15-8-17(3,4)20-16-7-13(19)5-6-14(15)16/h5-7,11-12,15,19H,8-10H2,1-4H3.